The Balaban J connectivity index is 1.67. The van der Waals surface area contributed by atoms with Crippen molar-refractivity contribution in [3.63, 3.8) is 0 Å². The highest BCUT2D eigenvalue weighted by Crippen LogP contribution is 2.48. The Morgan fingerprint density at radius 2 is 2.13 bits per heavy atom. The van der Waals surface area contributed by atoms with Crippen LogP contribution in [0.25, 0.3) is 0 Å². The summed E-state index contributed by atoms with van der Waals surface area (Å²) < 4.78 is 5.44. The molecule has 124 valence electrons. The summed E-state index contributed by atoms with van der Waals surface area (Å²) in [7, 11) is 1.73. The second-order valence-electron chi connectivity index (χ2n) is 7.32. The van der Waals surface area contributed by atoms with Crippen LogP contribution in [0.15, 0.2) is 18.2 Å². The number of carbonyl (C=O) groups excluding carboxylic acids is 1. The van der Waals surface area contributed by atoms with Gasteiger partial charge in [-0.1, -0.05) is 13.0 Å². The summed E-state index contributed by atoms with van der Waals surface area (Å²) in [6.45, 7) is 4.99. The summed E-state index contributed by atoms with van der Waals surface area (Å²) in [4.78, 5) is 17.2. The first-order chi connectivity index (χ1) is 11.2. The number of rotatable bonds is 2. The maximum Gasteiger partial charge on any atom is 0.320 e. The molecule has 0 radical (unpaired) electrons. The molecule has 4 nitrogen and oxygen atoms in total. The highest BCUT2D eigenvalue weighted by molar-refractivity contribution is 5.76. The second-order valence-corrected chi connectivity index (χ2v) is 7.32. The van der Waals surface area contributed by atoms with Crippen molar-refractivity contribution >= 4 is 6.03 Å². The predicted octanol–water partition coefficient (Wildman–Crippen LogP) is 3.19. The molecule has 2 amide bonds. The maximum atomic E-state index is 12.9. The largest absolute Gasteiger partial charge is 0.497 e. The minimum atomic E-state index is 0.113. The summed E-state index contributed by atoms with van der Waals surface area (Å²) in [5.41, 5.74) is 2.93. The Labute approximate surface area is 138 Å². The van der Waals surface area contributed by atoms with E-state index in [1.54, 1.807) is 7.11 Å². The number of urea groups is 1. The monoisotopic (exact) mass is 314 g/mol. The van der Waals surface area contributed by atoms with Gasteiger partial charge in [-0.15, -0.1) is 0 Å². The normalized spacial score (nSPS) is 28.9. The average Bonchev–Trinajstić information content (AvgIpc) is 3.22. The van der Waals surface area contributed by atoms with E-state index in [1.165, 1.54) is 11.1 Å². The molecule has 2 saturated heterocycles. The molecule has 4 heteroatoms. The smallest absolute Gasteiger partial charge is 0.320 e. The summed E-state index contributed by atoms with van der Waals surface area (Å²) in [6, 6.07) is 7.10. The van der Waals surface area contributed by atoms with E-state index in [9.17, 15) is 4.79 Å². The SMILES string of the molecule is CCC12CC(Cc3ccc(OC)cc31)N(C(=O)N1CCCC1)C2. The Hall–Kier alpha value is -1.71. The minimum Gasteiger partial charge on any atom is -0.497 e. The van der Waals surface area contributed by atoms with Gasteiger partial charge < -0.3 is 14.5 Å². The predicted molar refractivity (Wildman–Crippen MR) is 90.0 cm³/mol. The van der Waals surface area contributed by atoms with Gasteiger partial charge in [0.2, 0.25) is 0 Å². The van der Waals surface area contributed by atoms with E-state index in [0.29, 0.717) is 6.04 Å². The van der Waals surface area contributed by atoms with Crippen LogP contribution in [0, 0.1) is 0 Å². The quantitative estimate of drug-likeness (QED) is 0.840. The Morgan fingerprint density at radius 1 is 1.35 bits per heavy atom. The topological polar surface area (TPSA) is 32.8 Å². The lowest BCUT2D eigenvalue weighted by atomic mass is 9.70. The molecule has 23 heavy (non-hydrogen) atoms. The van der Waals surface area contributed by atoms with Crippen LogP contribution in [0.2, 0.25) is 0 Å². The molecule has 2 atom stereocenters. The van der Waals surface area contributed by atoms with Gasteiger partial charge in [0, 0.05) is 31.1 Å². The zero-order chi connectivity index (χ0) is 16.0. The number of fused-ring (bicyclic) bond motifs is 4. The first-order valence-corrected chi connectivity index (χ1v) is 8.90. The lowest BCUT2D eigenvalue weighted by molar-refractivity contribution is 0.156. The molecule has 0 N–H and O–H groups in total. The standard InChI is InChI=1S/C19H26N2O2/c1-3-19-12-15(10-14-6-7-16(23-2)11-17(14)19)21(13-19)18(22)20-8-4-5-9-20/h6-7,11,15H,3-5,8-10,12-13H2,1-2H3. The van der Waals surface area contributed by atoms with Gasteiger partial charge >= 0.3 is 6.03 Å². The van der Waals surface area contributed by atoms with E-state index in [1.807, 2.05) is 0 Å². The third-order valence-corrected chi connectivity index (χ3v) is 6.18. The number of methoxy groups -OCH3 is 1. The number of nitrogens with zero attached hydrogens (tertiary/aromatic N) is 2. The molecule has 3 aliphatic rings. The number of likely N-dealkylation sites (tertiary alicyclic amines) is 2. The molecular weight excluding hydrogens is 288 g/mol. The molecule has 1 aromatic rings. The van der Waals surface area contributed by atoms with Crippen LogP contribution >= 0.6 is 0 Å². The highest BCUT2D eigenvalue weighted by atomic mass is 16.5. The van der Waals surface area contributed by atoms with Crippen LogP contribution in [-0.4, -0.2) is 48.6 Å². The summed E-state index contributed by atoms with van der Waals surface area (Å²) >= 11 is 0. The lowest BCUT2D eigenvalue weighted by Gasteiger charge is -2.33. The van der Waals surface area contributed by atoms with Gasteiger partial charge in [0.1, 0.15) is 5.75 Å². The van der Waals surface area contributed by atoms with Crippen molar-refractivity contribution < 1.29 is 9.53 Å². The lowest BCUT2D eigenvalue weighted by Crippen LogP contribution is -2.45. The number of benzene rings is 1. The maximum absolute atomic E-state index is 12.9. The molecule has 2 unspecified atom stereocenters. The Kier molecular flexibility index (Phi) is 3.51. The van der Waals surface area contributed by atoms with E-state index in [4.69, 9.17) is 4.74 Å². The van der Waals surface area contributed by atoms with Gasteiger partial charge in [0.05, 0.1) is 7.11 Å². The molecule has 1 aromatic carbocycles. The Morgan fingerprint density at radius 3 is 2.83 bits per heavy atom. The molecule has 2 bridgehead atoms. The molecule has 2 heterocycles. The van der Waals surface area contributed by atoms with Gasteiger partial charge in [0.25, 0.3) is 0 Å². The molecule has 4 rings (SSSR count). The van der Waals surface area contributed by atoms with Crippen LogP contribution in [0.4, 0.5) is 4.79 Å². The molecule has 0 saturated carbocycles. The fraction of sp³-hybridized carbons (Fsp3) is 0.632. The number of ether oxygens (including phenoxy) is 1. The number of amides is 2. The fourth-order valence-electron chi connectivity index (χ4n) is 4.83. The van der Waals surface area contributed by atoms with E-state index >= 15 is 0 Å². The summed E-state index contributed by atoms with van der Waals surface area (Å²) in [6.07, 6.45) is 5.47. The number of hydrogen-bond acceptors (Lipinski definition) is 2. The first kappa shape index (κ1) is 14.9. The third-order valence-electron chi connectivity index (χ3n) is 6.18. The highest BCUT2D eigenvalue weighted by Gasteiger charge is 2.50. The van der Waals surface area contributed by atoms with E-state index in [0.717, 1.165) is 57.5 Å². The van der Waals surface area contributed by atoms with Gasteiger partial charge in [0.15, 0.2) is 0 Å². The van der Waals surface area contributed by atoms with Crippen LogP contribution in [0.1, 0.15) is 43.7 Å². The van der Waals surface area contributed by atoms with Crippen molar-refractivity contribution in [2.45, 2.75) is 50.5 Å². The third kappa shape index (κ3) is 2.22. The van der Waals surface area contributed by atoms with Crippen LogP contribution in [0.5, 0.6) is 5.75 Å². The van der Waals surface area contributed by atoms with Crippen molar-refractivity contribution in [3.05, 3.63) is 29.3 Å². The van der Waals surface area contributed by atoms with Gasteiger partial charge in [-0.25, -0.2) is 4.79 Å². The number of carbonyl (C=O) groups is 1. The zero-order valence-corrected chi connectivity index (χ0v) is 14.2. The molecule has 0 spiro atoms. The van der Waals surface area contributed by atoms with Gasteiger partial charge in [-0.3, -0.25) is 0 Å². The van der Waals surface area contributed by atoms with Gasteiger partial charge in [-0.05, 0) is 55.4 Å². The van der Waals surface area contributed by atoms with Crippen LogP contribution in [0.3, 0.4) is 0 Å². The van der Waals surface area contributed by atoms with Crippen molar-refractivity contribution in [1.29, 1.82) is 0 Å². The van der Waals surface area contributed by atoms with Crippen molar-refractivity contribution in [3.8, 4) is 5.75 Å². The number of hydrogen-bond donors (Lipinski definition) is 0. The molecule has 1 aliphatic carbocycles. The van der Waals surface area contributed by atoms with Gasteiger partial charge in [-0.2, -0.15) is 0 Å². The van der Waals surface area contributed by atoms with E-state index in [-0.39, 0.29) is 11.4 Å². The van der Waals surface area contributed by atoms with Crippen molar-refractivity contribution in [1.82, 2.24) is 9.80 Å². The van der Waals surface area contributed by atoms with Crippen molar-refractivity contribution in [2.75, 3.05) is 26.7 Å². The Bertz CT molecular complexity index is 624. The first-order valence-electron chi connectivity index (χ1n) is 8.90. The summed E-state index contributed by atoms with van der Waals surface area (Å²) in [5.74, 6) is 0.930. The minimum absolute atomic E-state index is 0.113. The molecule has 0 aromatic heterocycles. The van der Waals surface area contributed by atoms with Crippen LogP contribution in [-0.2, 0) is 11.8 Å². The zero-order valence-electron chi connectivity index (χ0n) is 14.2. The summed E-state index contributed by atoms with van der Waals surface area (Å²) in [5, 5.41) is 0. The molecule has 2 aliphatic heterocycles. The second kappa shape index (κ2) is 5.43. The van der Waals surface area contributed by atoms with Crippen molar-refractivity contribution in [2.24, 2.45) is 0 Å². The molecule has 2 fully saturated rings. The van der Waals surface area contributed by atoms with E-state index < -0.39 is 0 Å². The molecular formula is C19H26N2O2. The van der Waals surface area contributed by atoms with E-state index in [2.05, 4.69) is 34.9 Å². The fourth-order valence-corrected chi connectivity index (χ4v) is 4.83. The van der Waals surface area contributed by atoms with Crippen LogP contribution < -0.4 is 4.74 Å². The average molecular weight is 314 g/mol.